The van der Waals surface area contributed by atoms with Gasteiger partial charge in [-0.25, -0.2) is 8.42 Å². The van der Waals surface area contributed by atoms with Gasteiger partial charge in [-0.3, -0.25) is 4.79 Å². The van der Waals surface area contributed by atoms with Crippen LogP contribution in [0, 0.1) is 5.92 Å². The summed E-state index contributed by atoms with van der Waals surface area (Å²) < 4.78 is 27.9. The van der Waals surface area contributed by atoms with Crippen molar-refractivity contribution < 1.29 is 13.2 Å². The number of benzene rings is 2. The topological polar surface area (TPSA) is 66.5 Å². The van der Waals surface area contributed by atoms with Crippen molar-refractivity contribution in [3.05, 3.63) is 58.0 Å². The predicted molar refractivity (Wildman–Crippen MR) is 106 cm³/mol. The Labute approximate surface area is 166 Å². The van der Waals surface area contributed by atoms with Gasteiger partial charge in [0.05, 0.1) is 10.8 Å². The van der Waals surface area contributed by atoms with Crippen LogP contribution in [0.4, 0.5) is 5.69 Å². The normalized spacial score (nSPS) is 18.5. The highest BCUT2D eigenvalue weighted by Gasteiger charge is 2.33. The van der Waals surface area contributed by atoms with Crippen molar-refractivity contribution in [2.24, 2.45) is 5.92 Å². The first kappa shape index (κ1) is 19.4. The van der Waals surface area contributed by atoms with E-state index in [0.29, 0.717) is 30.1 Å². The minimum Gasteiger partial charge on any atom is -0.326 e. The van der Waals surface area contributed by atoms with Crippen LogP contribution in [0.2, 0.25) is 5.02 Å². The number of sulfonamides is 1. The monoisotopic (exact) mass is 456 g/mol. The molecular formula is C18H18BrClN2O3S. The van der Waals surface area contributed by atoms with Gasteiger partial charge in [0, 0.05) is 28.3 Å². The molecule has 0 bridgehead atoms. The average Bonchev–Trinajstić information content (AvgIpc) is 2.62. The molecule has 2 aromatic carbocycles. The van der Waals surface area contributed by atoms with Crippen LogP contribution in [-0.2, 0) is 14.8 Å². The number of hydrogen-bond donors (Lipinski definition) is 1. The minimum atomic E-state index is -3.61. The molecule has 8 heteroatoms. The second-order valence-corrected chi connectivity index (χ2v) is 9.45. The molecule has 1 N–H and O–H groups in total. The van der Waals surface area contributed by atoms with Gasteiger partial charge in [-0.1, -0.05) is 33.6 Å². The zero-order valence-electron chi connectivity index (χ0n) is 13.9. The number of carbonyl (C=O) groups is 1. The van der Waals surface area contributed by atoms with Crippen molar-refractivity contribution in [1.82, 2.24) is 4.31 Å². The van der Waals surface area contributed by atoms with Gasteiger partial charge >= 0.3 is 0 Å². The molecule has 26 heavy (non-hydrogen) atoms. The van der Waals surface area contributed by atoms with Crippen LogP contribution in [0.1, 0.15) is 12.8 Å². The van der Waals surface area contributed by atoms with Crippen molar-refractivity contribution in [3.63, 3.8) is 0 Å². The zero-order chi connectivity index (χ0) is 18.7. The van der Waals surface area contributed by atoms with Crippen LogP contribution in [-0.4, -0.2) is 31.7 Å². The zero-order valence-corrected chi connectivity index (χ0v) is 17.0. The number of amides is 1. The Morgan fingerprint density at radius 3 is 2.62 bits per heavy atom. The van der Waals surface area contributed by atoms with E-state index in [0.717, 1.165) is 4.47 Å². The smallest absolute Gasteiger partial charge is 0.243 e. The fourth-order valence-electron chi connectivity index (χ4n) is 2.94. The number of nitrogens with zero attached hydrogens (tertiary/aromatic N) is 1. The number of anilines is 1. The van der Waals surface area contributed by atoms with Crippen molar-refractivity contribution in [2.45, 2.75) is 17.7 Å². The van der Waals surface area contributed by atoms with E-state index < -0.39 is 15.9 Å². The molecule has 1 heterocycles. The molecule has 1 amide bonds. The lowest BCUT2D eigenvalue weighted by molar-refractivity contribution is -0.120. The van der Waals surface area contributed by atoms with E-state index in [1.54, 1.807) is 48.5 Å². The van der Waals surface area contributed by atoms with Crippen LogP contribution >= 0.6 is 27.5 Å². The molecule has 1 atom stereocenters. The molecule has 138 valence electrons. The lowest BCUT2D eigenvalue weighted by Crippen LogP contribution is -2.43. The Kier molecular flexibility index (Phi) is 6.02. The molecule has 0 aliphatic carbocycles. The highest BCUT2D eigenvalue weighted by Crippen LogP contribution is 2.26. The highest BCUT2D eigenvalue weighted by atomic mass is 79.9. The van der Waals surface area contributed by atoms with Gasteiger partial charge < -0.3 is 5.32 Å². The fraction of sp³-hybridized carbons (Fsp3) is 0.278. The van der Waals surface area contributed by atoms with E-state index in [1.165, 1.54) is 4.31 Å². The number of piperidine rings is 1. The summed E-state index contributed by atoms with van der Waals surface area (Å²) in [6.07, 6.45) is 1.29. The van der Waals surface area contributed by atoms with E-state index in [-0.39, 0.29) is 17.3 Å². The van der Waals surface area contributed by atoms with E-state index in [9.17, 15) is 13.2 Å². The Bertz CT molecular complexity index is 903. The van der Waals surface area contributed by atoms with Crippen LogP contribution in [0.15, 0.2) is 57.9 Å². The summed E-state index contributed by atoms with van der Waals surface area (Å²) in [5, 5.41) is 3.35. The van der Waals surface area contributed by atoms with Crippen LogP contribution in [0.5, 0.6) is 0 Å². The molecule has 0 saturated carbocycles. The first-order chi connectivity index (χ1) is 12.4. The lowest BCUT2D eigenvalue weighted by atomic mass is 9.99. The van der Waals surface area contributed by atoms with Crippen molar-refractivity contribution in [2.75, 3.05) is 18.4 Å². The largest absolute Gasteiger partial charge is 0.326 e. The second kappa shape index (κ2) is 8.08. The van der Waals surface area contributed by atoms with Gasteiger partial charge in [-0.15, -0.1) is 0 Å². The van der Waals surface area contributed by atoms with Crippen LogP contribution < -0.4 is 5.32 Å². The maximum atomic E-state index is 12.8. The summed E-state index contributed by atoms with van der Waals surface area (Å²) in [6, 6.07) is 13.4. The predicted octanol–water partition coefficient (Wildman–Crippen LogP) is 4.14. The Hall–Kier alpha value is -1.41. The molecule has 0 spiro atoms. The summed E-state index contributed by atoms with van der Waals surface area (Å²) in [7, 11) is -3.61. The van der Waals surface area contributed by atoms with Gasteiger partial charge in [0.2, 0.25) is 15.9 Å². The summed E-state index contributed by atoms with van der Waals surface area (Å²) in [5.74, 6) is -0.587. The summed E-state index contributed by atoms with van der Waals surface area (Å²) >= 11 is 9.24. The molecule has 5 nitrogen and oxygen atoms in total. The quantitative estimate of drug-likeness (QED) is 0.750. The third-order valence-electron chi connectivity index (χ3n) is 4.30. The molecule has 0 unspecified atom stereocenters. The number of carbonyl (C=O) groups excluding carboxylic acids is 1. The number of hydrogen-bond acceptors (Lipinski definition) is 3. The highest BCUT2D eigenvalue weighted by molar-refractivity contribution is 9.10. The summed E-state index contributed by atoms with van der Waals surface area (Å²) in [6.45, 7) is 0.587. The number of nitrogens with one attached hydrogen (secondary N) is 1. The Morgan fingerprint density at radius 1 is 1.19 bits per heavy atom. The van der Waals surface area contributed by atoms with E-state index in [1.807, 2.05) is 0 Å². The molecule has 1 aliphatic heterocycles. The van der Waals surface area contributed by atoms with Gasteiger partial charge in [-0.2, -0.15) is 4.31 Å². The number of rotatable bonds is 4. The molecule has 0 aromatic heterocycles. The second-order valence-electron chi connectivity index (χ2n) is 6.16. The molecule has 2 aromatic rings. The van der Waals surface area contributed by atoms with Crippen molar-refractivity contribution in [3.8, 4) is 0 Å². The molecule has 1 aliphatic rings. The molecular weight excluding hydrogens is 440 g/mol. The van der Waals surface area contributed by atoms with E-state index >= 15 is 0 Å². The van der Waals surface area contributed by atoms with Gasteiger partial charge in [0.15, 0.2) is 0 Å². The van der Waals surface area contributed by atoms with Gasteiger partial charge in [-0.05, 0) is 55.3 Å². The van der Waals surface area contributed by atoms with E-state index in [4.69, 9.17) is 11.6 Å². The molecule has 1 saturated heterocycles. The molecule has 3 rings (SSSR count). The summed E-state index contributed by atoms with van der Waals surface area (Å²) in [5.41, 5.74) is 0.607. The fourth-order valence-corrected chi connectivity index (χ4v) is 4.92. The van der Waals surface area contributed by atoms with E-state index in [2.05, 4.69) is 21.2 Å². The minimum absolute atomic E-state index is 0.171. The standard InChI is InChI=1S/C18H18BrClN2O3S/c19-14-6-8-17(9-7-14)26(24,25)22-10-2-3-13(12-22)18(23)21-16-5-1-4-15(20)11-16/h1,4-9,11,13H,2-3,10,12H2,(H,21,23)/t13-/m1/s1. The third-order valence-corrected chi connectivity index (χ3v) is 6.94. The average molecular weight is 458 g/mol. The van der Waals surface area contributed by atoms with Gasteiger partial charge in [0.1, 0.15) is 0 Å². The SMILES string of the molecule is O=C(Nc1cccc(Cl)c1)[C@@H]1CCCN(S(=O)(=O)c2ccc(Br)cc2)C1. The van der Waals surface area contributed by atoms with Crippen molar-refractivity contribution in [1.29, 1.82) is 0 Å². The van der Waals surface area contributed by atoms with Gasteiger partial charge in [0.25, 0.3) is 0 Å². The van der Waals surface area contributed by atoms with Crippen LogP contribution in [0.3, 0.4) is 0 Å². The molecule has 1 fully saturated rings. The lowest BCUT2D eigenvalue weighted by Gasteiger charge is -2.31. The van der Waals surface area contributed by atoms with Crippen molar-refractivity contribution >= 4 is 49.1 Å². The first-order valence-corrected chi connectivity index (χ1v) is 10.8. The first-order valence-electron chi connectivity index (χ1n) is 8.18. The summed E-state index contributed by atoms with van der Waals surface area (Å²) in [4.78, 5) is 12.8. The number of halogens is 2. The van der Waals surface area contributed by atoms with Crippen LogP contribution in [0.25, 0.3) is 0 Å². The maximum Gasteiger partial charge on any atom is 0.243 e. The molecule has 0 radical (unpaired) electrons. The maximum absolute atomic E-state index is 12.8. The Balaban J connectivity index is 1.72. The Morgan fingerprint density at radius 2 is 1.92 bits per heavy atom. The third kappa shape index (κ3) is 4.46.